The first-order valence-corrected chi connectivity index (χ1v) is 9.70. The highest BCUT2D eigenvalue weighted by molar-refractivity contribution is 7.89. The van der Waals surface area contributed by atoms with E-state index in [-0.39, 0.29) is 4.90 Å². The SMILES string of the molecule is CN(CCCNc1cc(=O)oc2ccccc12)S(=O)(=O)c1ccccc1. The molecule has 0 spiro atoms. The van der Waals surface area contributed by atoms with Gasteiger partial charge in [-0.1, -0.05) is 30.3 Å². The molecule has 0 fully saturated rings. The number of nitrogens with zero attached hydrogens (tertiary/aromatic N) is 1. The lowest BCUT2D eigenvalue weighted by Crippen LogP contribution is -2.29. The number of sulfonamides is 1. The summed E-state index contributed by atoms with van der Waals surface area (Å²) >= 11 is 0. The van der Waals surface area contributed by atoms with Gasteiger partial charge in [0.05, 0.1) is 10.6 Å². The molecule has 0 saturated carbocycles. The van der Waals surface area contributed by atoms with Crippen molar-refractivity contribution < 1.29 is 12.8 Å². The summed E-state index contributed by atoms with van der Waals surface area (Å²) in [6.45, 7) is 0.895. The van der Waals surface area contributed by atoms with E-state index in [4.69, 9.17) is 4.42 Å². The van der Waals surface area contributed by atoms with Crippen molar-refractivity contribution in [3.05, 3.63) is 71.1 Å². The Labute approximate surface area is 152 Å². The average Bonchev–Trinajstić information content (AvgIpc) is 2.65. The largest absolute Gasteiger partial charge is 0.423 e. The number of benzene rings is 2. The summed E-state index contributed by atoms with van der Waals surface area (Å²) in [4.78, 5) is 11.9. The molecule has 0 bridgehead atoms. The molecule has 0 amide bonds. The minimum Gasteiger partial charge on any atom is -0.423 e. The lowest BCUT2D eigenvalue weighted by Gasteiger charge is -2.17. The third-order valence-corrected chi connectivity index (χ3v) is 5.94. The fraction of sp³-hybridized carbons (Fsp3) is 0.211. The van der Waals surface area contributed by atoms with Crippen LogP contribution in [-0.4, -0.2) is 32.9 Å². The van der Waals surface area contributed by atoms with Crippen molar-refractivity contribution in [3.63, 3.8) is 0 Å². The third kappa shape index (κ3) is 3.95. The van der Waals surface area contributed by atoms with Gasteiger partial charge >= 0.3 is 5.63 Å². The van der Waals surface area contributed by atoms with Gasteiger partial charge in [-0.05, 0) is 30.7 Å². The van der Waals surface area contributed by atoms with Crippen molar-refractivity contribution in [2.24, 2.45) is 0 Å². The van der Waals surface area contributed by atoms with Gasteiger partial charge in [0, 0.05) is 31.6 Å². The van der Waals surface area contributed by atoms with Crippen LogP contribution < -0.4 is 10.9 Å². The van der Waals surface area contributed by atoms with E-state index >= 15 is 0 Å². The van der Waals surface area contributed by atoms with Crippen LogP contribution in [0.4, 0.5) is 5.69 Å². The summed E-state index contributed by atoms with van der Waals surface area (Å²) in [5, 5.41) is 4.01. The van der Waals surface area contributed by atoms with Gasteiger partial charge in [0.1, 0.15) is 5.58 Å². The Balaban J connectivity index is 1.62. The first-order valence-electron chi connectivity index (χ1n) is 8.26. The van der Waals surface area contributed by atoms with Crippen LogP contribution in [0.1, 0.15) is 6.42 Å². The fourth-order valence-corrected chi connectivity index (χ4v) is 3.91. The number of anilines is 1. The van der Waals surface area contributed by atoms with Crippen molar-refractivity contribution >= 4 is 26.7 Å². The van der Waals surface area contributed by atoms with E-state index in [2.05, 4.69) is 5.32 Å². The van der Waals surface area contributed by atoms with E-state index in [0.29, 0.717) is 30.8 Å². The molecule has 0 aliphatic carbocycles. The second-order valence-electron chi connectivity index (χ2n) is 5.90. The zero-order valence-electron chi connectivity index (χ0n) is 14.4. The summed E-state index contributed by atoms with van der Waals surface area (Å²) in [5.74, 6) is 0. The molecule has 1 heterocycles. The van der Waals surface area contributed by atoms with Crippen LogP contribution >= 0.6 is 0 Å². The Bertz CT molecular complexity index is 1050. The fourth-order valence-electron chi connectivity index (χ4n) is 2.68. The number of nitrogens with one attached hydrogen (secondary N) is 1. The van der Waals surface area contributed by atoms with Gasteiger partial charge < -0.3 is 9.73 Å². The van der Waals surface area contributed by atoms with Gasteiger partial charge in [-0.2, -0.15) is 0 Å². The maximum absolute atomic E-state index is 12.5. The third-order valence-electron chi connectivity index (χ3n) is 4.07. The monoisotopic (exact) mass is 372 g/mol. The van der Waals surface area contributed by atoms with Crippen molar-refractivity contribution in [3.8, 4) is 0 Å². The zero-order chi connectivity index (χ0) is 18.6. The van der Waals surface area contributed by atoms with Gasteiger partial charge in [0.2, 0.25) is 10.0 Å². The smallest absolute Gasteiger partial charge is 0.338 e. The molecule has 2 aromatic carbocycles. The molecule has 3 rings (SSSR count). The number of rotatable bonds is 7. The Morgan fingerprint density at radius 2 is 1.73 bits per heavy atom. The number of hydrogen-bond acceptors (Lipinski definition) is 5. The summed E-state index contributed by atoms with van der Waals surface area (Å²) in [5.41, 5.74) is 0.784. The molecule has 3 aromatic rings. The first-order chi connectivity index (χ1) is 12.5. The van der Waals surface area contributed by atoms with Crippen molar-refractivity contribution in [2.45, 2.75) is 11.3 Å². The molecule has 1 aromatic heterocycles. The highest BCUT2D eigenvalue weighted by atomic mass is 32.2. The van der Waals surface area contributed by atoms with E-state index in [0.717, 1.165) is 5.39 Å². The molecule has 0 atom stereocenters. The molecular formula is C19H20N2O4S. The minimum atomic E-state index is -3.48. The lowest BCUT2D eigenvalue weighted by molar-refractivity contribution is 0.465. The molecule has 0 unspecified atom stereocenters. The van der Waals surface area contributed by atoms with Crippen molar-refractivity contribution in [1.82, 2.24) is 4.31 Å². The molecule has 26 heavy (non-hydrogen) atoms. The van der Waals surface area contributed by atoms with E-state index in [1.165, 1.54) is 10.4 Å². The van der Waals surface area contributed by atoms with Crippen LogP contribution in [-0.2, 0) is 10.0 Å². The van der Waals surface area contributed by atoms with Gasteiger partial charge in [-0.3, -0.25) is 0 Å². The van der Waals surface area contributed by atoms with Gasteiger partial charge in [0.25, 0.3) is 0 Å². The van der Waals surface area contributed by atoms with Crippen molar-refractivity contribution in [1.29, 1.82) is 0 Å². The number of para-hydroxylation sites is 1. The molecule has 7 heteroatoms. The lowest BCUT2D eigenvalue weighted by atomic mass is 10.2. The maximum atomic E-state index is 12.5. The molecule has 0 saturated heterocycles. The van der Waals surface area contributed by atoms with Crippen LogP contribution in [0.5, 0.6) is 0 Å². The Kier molecular flexibility index (Phi) is 5.39. The van der Waals surface area contributed by atoms with E-state index in [1.807, 2.05) is 12.1 Å². The predicted molar refractivity (Wildman–Crippen MR) is 102 cm³/mol. The van der Waals surface area contributed by atoms with Crippen molar-refractivity contribution in [2.75, 3.05) is 25.5 Å². The second-order valence-corrected chi connectivity index (χ2v) is 7.94. The first kappa shape index (κ1) is 18.2. The topological polar surface area (TPSA) is 79.6 Å². The average molecular weight is 372 g/mol. The minimum absolute atomic E-state index is 0.280. The molecule has 1 N–H and O–H groups in total. The Morgan fingerprint density at radius 3 is 2.50 bits per heavy atom. The van der Waals surface area contributed by atoms with E-state index in [9.17, 15) is 13.2 Å². The zero-order valence-corrected chi connectivity index (χ0v) is 15.2. The molecule has 0 aliphatic heterocycles. The molecular weight excluding hydrogens is 352 g/mol. The summed E-state index contributed by atoms with van der Waals surface area (Å²) in [7, 11) is -1.92. The van der Waals surface area contributed by atoms with Crippen LogP contribution in [0.2, 0.25) is 0 Å². The van der Waals surface area contributed by atoms with E-state index in [1.54, 1.807) is 49.5 Å². The van der Waals surface area contributed by atoms with Gasteiger partial charge in [-0.15, -0.1) is 0 Å². The molecule has 6 nitrogen and oxygen atoms in total. The summed E-state index contributed by atoms with van der Waals surface area (Å²) < 4.78 is 31.4. The molecule has 0 aliphatic rings. The predicted octanol–water partition coefficient (Wildman–Crippen LogP) is 2.92. The number of hydrogen-bond donors (Lipinski definition) is 1. The van der Waals surface area contributed by atoms with Crippen LogP contribution in [0.25, 0.3) is 11.0 Å². The molecule has 0 radical (unpaired) electrons. The summed E-state index contributed by atoms with van der Waals surface area (Å²) in [6, 6.07) is 17.0. The highest BCUT2D eigenvalue weighted by Gasteiger charge is 2.19. The van der Waals surface area contributed by atoms with Crippen LogP contribution in [0.3, 0.4) is 0 Å². The van der Waals surface area contributed by atoms with E-state index < -0.39 is 15.6 Å². The summed E-state index contributed by atoms with van der Waals surface area (Å²) in [6.07, 6.45) is 0.594. The van der Waals surface area contributed by atoms with Gasteiger partial charge in [0.15, 0.2) is 0 Å². The second kappa shape index (κ2) is 7.72. The van der Waals surface area contributed by atoms with Crippen LogP contribution in [0, 0.1) is 0 Å². The maximum Gasteiger partial charge on any atom is 0.338 e. The Morgan fingerprint density at radius 1 is 1.04 bits per heavy atom. The number of fused-ring (bicyclic) bond motifs is 1. The standard InChI is InChI=1S/C19H20N2O4S/c1-21(26(23,24)15-8-3-2-4-9-15)13-7-12-20-17-14-19(22)25-18-11-6-5-10-16(17)18/h2-6,8-11,14,20H,7,12-13H2,1H3. The van der Waals surface area contributed by atoms with Gasteiger partial charge in [-0.25, -0.2) is 17.5 Å². The quantitative estimate of drug-likeness (QED) is 0.510. The Hall–Kier alpha value is -2.64. The van der Waals surface area contributed by atoms with Crippen LogP contribution in [0.15, 0.2) is 74.8 Å². The molecule has 136 valence electrons. The normalized spacial score (nSPS) is 11.8. The highest BCUT2D eigenvalue weighted by Crippen LogP contribution is 2.21.